The quantitative estimate of drug-likeness (QED) is 0.516. The van der Waals surface area contributed by atoms with E-state index in [1.165, 1.54) is 4.90 Å². The highest BCUT2D eigenvalue weighted by Crippen LogP contribution is 2.04. The van der Waals surface area contributed by atoms with Crippen molar-refractivity contribution in [1.82, 2.24) is 4.90 Å². The largest absolute Gasteiger partial charge is 0.368 e. The van der Waals surface area contributed by atoms with Gasteiger partial charge in [-0.15, -0.1) is 0 Å². The molecule has 14 heavy (non-hydrogen) atoms. The molecule has 0 heterocycles. The highest BCUT2D eigenvalue weighted by atomic mass is 32.2. The SMILES string of the molecule is CCN(CC)C(=S)S(=O)(=O)OC(C)=O. The molecule has 0 amide bonds. The van der Waals surface area contributed by atoms with E-state index in [1.807, 2.05) is 0 Å². The Morgan fingerprint density at radius 2 is 1.79 bits per heavy atom. The predicted molar refractivity (Wildman–Crippen MR) is 56.2 cm³/mol. The number of hydrogen-bond acceptors (Lipinski definition) is 5. The Hall–Kier alpha value is -0.690. The van der Waals surface area contributed by atoms with E-state index in [-0.39, 0.29) is 4.32 Å². The molecule has 0 unspecified atom stereocenters. The van der Waals surface area contributed by atoms with Crippen LogP contribution in [0.4, 0.5) is 0 Å². The zero-order valence-corrected chi connectivity index (χ0v) is 9.94. The molecule has 0 fully saturated rings. The summed E-state index contributed by atoms with van der Waals surface area (Å²) in [5, 5.41) is 0. The maximum Gasteiger partial charge on any atom is 0.368 e. The van der Waals surface area contributed by atoms with Gasteiger partial charge in [0.25, 0.3) is 0 Å². The lowest BCUT2D eigenvalue weighted by atomic mass is 10.6. The third-order valence-corrected chi connectivity index (χ3v) is 3.47. The first-order valence-electron chi connectivity index (χ1n) is 4.09. The second-order valence-electron chi connectivity index (χ2n) is 2.47. The van der Waals surface area contributed by atoms with Crippen molar-refractivity contribution in [1.29, 1.82) is 0 Å². The minimum Gasteiger partial charge on any atom is -0.351 e. The summed E-state index contributed by atoms with van der Waals surface area (Å²) in [4.78, 5) is 11.9. The van der Waals surface area contributed by atoms with Crippen LogP contribution in [0.5, 0.6) is 0 Å². The topological polar surface area (TPSA) is 63.7 Å². The molecule has 0 rings (SSSR count). The minimum absolute atomic E-state index is 0.349. The van der Waals surface area contributed by atoms with E-state index >= 15 is 0 Å². The summed E-state index contributed by atoms with van der Waals surface area (Å²) in [6.07, 6.45) is 0. The van der Waals surface area contributed by atoms with Crippen molar-refractivity contribution in [3.63, 3.8) is 0 Å². The lowest BCUT2D eigenvalue weighted by molar-refractivity contribution is -0.131. The highest BCUT2D eigenvalue weighted by Gasteiger charge is 2.25. The summed E-state index contributed by atoms with van der Waals surface area (Å²) >= 11 is 4.69. The van der Waals surface area contributed by atoms with Gasteiger partial charge < -0.3 is 9.08 Å². The normalized spacial score (nSPS) is 10.8. The van der Waals surface area contributed by atoms with E-state index in [0.29, 0.717) is 13.1 Å². The summed E-state index contributed by atoms with van der Waals surface area (Å²) < 4.78 is 26.3. The van der Waals surface area contributed by atoms with E-state index in [1.54, 1.807) is 13.8 Å². The van der Waals surface area contributed by atoms with Crippen LogP contribution >= 0.6 is 12.2 Å². The average molecular weight is 239 g/mol. The summed E-state index contributed by atoms with van der Waals surface area (Å²) in [6, 6.07) is 0. The first kappa shape index (κ1) is 13.3. The van der Waals surface area contributed by atoms with Gasteiger partial charge in [0.1, 0.15) is 0 Å². The summed E-state index contributed by atoms with van der Waals surface area (Å²) in [7, 11) is -4.08. The maximum absolute atomic E-state index is 11.3. The van der Waals surface area contributed by atoms with Crippen molar-refractivity contribution in [3.8, 4) is 0 Å². The molecule has 82 valence electrons. The molecule has 0 saturated heterocycles. The fraction of sp³-hybridized carbons (Fsp3) is 0.714. The monoisotopic (exact) mass is 239 g/mol. The van der Waals surface area contributed by atoms with Gasteiger partial charge in [-0.25, -0.2) is 0 Å². The molecule has 0 aliphatic heterocycles. The van der Waals surface area contributed by atoms with Gasteiger partial charge in [0, 0.05) is 20.0 Å². The zero-order chi connectivity index (χ0) is 11.4. The molecule has 0 radical (unpaired) electrons. The van der Waals surface area contributed by atoms with E-state index < -0.39 is 16.1 Å². The fourth-order valence-electron chi connectivity index (χ4n) is 0.830. The summed E-state index contributed by atoms with van der Waals surface area (Å²) in [6.45, 7) is 5.45. The Balaban J connectivity index is 4.75. The van der Waals surface area contributed by atoms with E-state index in [4.69, 9.17) is 0 Å². The van der Waals surface area contributed by atoms with E-state index in [2.05, 4.69) is 16.4 Å². The molecule has 0 aromatic heterocycles. The number of carbonyl (C=O) groups excluding carboxylic acids is 1. The van der Waals surface area contributed by atoms with Gasteiger partial charge in [-0.05, 0) is 26.1 Å². The van der Waals surface area contributed by atoms with Gasteiger partial charge in [-0.1, -0.05) is 0 Å². The highest BCUT2D eigenvalue weighted by molar-refractivity contribution is 8.14. The molecule has 0 bridgehead atoms. The second kappa shape index (κ2) is 5.26. The van der Waals surface area contributed by atoms with Gasteiger partial charge >= 0.3 is 16.1 Å². The molecule has 0 atom stereocenters. The van der Waals surface area contributed by atoms with Crippen LogP contribution in [0.25, 0.3) is 0 Å². The number of hydrogen-bond donors (Lipinski definition) is 0. The smallest absolute Gasteiger partial charge is 0.351 e. The molecule has 0 N–H and O–H groups in total. The predicted octanol–water partition coefficient (Wildman–Crippen LogP) is 0.506. The third kappa shape index (κ3) is 3.59. The van der Waals surface area contributed by atoms with Crippen molar-refractivity contribution in [2.75, 3.05) is 13.1 Å². The minimum atomic E-state index is -4.08. The summed E-state index contributed by atoms with van der Waals surface area (Å²) in [5.41, 5.74) is 0. The number of thiocarbonyl (C=S) groups is 1. The van der Waals surface area contributed by atoms with Crippen LogP contribution in [0.1, 0.15) is 20.8 Å². The number of nitrogens with zero attached hydrogens (tertiary/aromatic N) is 1. The molecule has 7 heteroatoms. The average Bonchev–Trinajstić information content (AvgIpc) is 2.04. The Kier molecular flexibility index (Phi) is 5.00. The van der Waals surface area contributed by atoms with Gasteiger partial charge in [0.05, 0.1) is 0 Å². The standard InChI is InChI=1S/C7H13NO4S2/c1-4-8(5-2)7(13)14(10,11)12-6(3)9/h4-5H2,1-3H3. The van der Waals surface area contributed by atoms with E-state index in [9.17, 15) is 13.2 Å². The van der Waals surface area contributed by atoms with Crippen LogP contribution in [-0.2, 0) is 19.1 Å². The maximum atomic E-state index is 11.3. The van der Waals surface area contributed by atoms with Gasteiger partial charge in [-0.2, -0.15) is 8.42 Å². The van der Waals surface area contributed by atoms with Crippen LogP contribution < -0.4 is 0 Å². The fourth-order valence-corrected chi connectivity index (χ4v) is 2.15. The molecule has 5 nitrogen and oxygen atoms in total. The third-order valence-electron chi connectivity index (χ3n) is 1.46. The first-order valence-corrected chi connectivity index (χ1v) is 5.90. The second-order valence-corrected chi connectivity index (χ2v) is 4.57. The Morgan fingerprint density at radius 1 is 1.36 bits per heavy atom. The number of rotatable bonds is 2. The molecule has 0 aliphatic carbocycles. The lowest BCUT2D eigenvalue weighted by Gasteiger charge is -2.19. The molecule has 0 saturated carbocycles. The van der Waals surface area contributed by atoms with Crippen molar-refractivity contribution in [3.05, 3.63) is 0 Å². The van der Waals surface area contributed by atoms with Gasteiger partial charge in [0.2, 0.25) is 4.32 Å². The van der Waals surface area contributed by atoms with Crippen molar-refractivity contribution in [2.45, 2.75) is 20.8 Å². The van der Waals surface area contributed by atoms with Gasteiger partial charge in [-0.3, -0.25) is 4.79 Å². The van der Waals surface area contributed by atoms with Crippen LogP contribution in [0.15, 0.2) is 0 Å². The van der Waals surface area contributed by atoms with Crippen molar-refractivity contribution in [2.24, 2.45) is 0 Å². The van der Waals surface area contributed by atoms with Crippen molar-refractivity contribution >= 4 is 32.6 Å². The van der Waals surface area contributed by atoms with Crippen LogP contribution in [0.3, 0.4) is 0 Å². The molecular weight excluding hydrogens is 226 g/mol. The van der Waals surface area contributed by atoms with Crippen LogP contribution in [-0.4, -0.2) is 36.7 Å². The molecule has 0 aromatic carbocycles. The van der Waals surface area contributed by atoms with Gasteiger partial charge in [0.15, 0.2) is 0 Å². The van der Waals surface area contributed by atoms with E-state index in [0.717, 1.165) is 6.92 Å². The number of carbonyl (C=O) groups is 1. The molecule has 0 aliphatic rings. The molecule has 0 aromatic rings. The Morgan fingerprint density at radius 3 is 2.07 bits per heavy atom. The Labute approximate surface area is 89.2 Å². The first-order chi connectivity index (χ1) is 6.35. The molecular formula is C7H13NO4S2. The summed E-state index contributed by atoms with van der Waals surface area (Å²) in [5.74, 6) is -0.889. The van der Waals surface area contributed by atoms with Crippen LogP contribution in [0.2, 0.25) is 0 Å². The van der Waals surface area contributed by atoms with Crippen LogP contribution in [0, 0.1) is 0 Å². The molecule has 0 spiro atoms. The van der Waals surface area contributed by atoms with Crippen molar-refractivity contribution < 1.29 is 17.4 Å². The zero-order valence-electron chi connectivity index (χ0n) is 8.31. The lowest BCUT2D eigenvalue weighted by Crippen LogP contribution is -2.36. The Bertz CT molecular complexity index is 319.